The zero-order valence-corrected chi connectivity index (χ0v) is 16.0. The van der Waals surface area contributed by atoms with Gasteiger partial charge in [0.1, 0.15) is 5.75 Å². The topological polar surface area (TPSA) is 41.7 Å². The number of nitrogens with two attached hydrogens (primary N) is 1. The van der Waals surface area contributed by atoms with Gasteiger partial charge in [0.2, 0.25) is 0 Å². The van der Waals surface area contributed by atoms with Gasteiger partial charge in [-0.05, 0) is 62.0 Å². The predicted molar refractivity (Wildman–Crippen MR) is 107 cm³/mol. The first-order valence-electron chi connectivity index (χ1n) is 8.47. The van der Waals surface area contributed by atoms with Gasteiger partial charge in [0.25, 0.3) is 0 Å². The van der Waals surface area contributed by atoms with E-state index in [9.17, 15) is 0 Å². The minimum absolute atomic E-state index is 0.686. The summed E-state index contributed by atoms with van der Waals surface area (Å²) in [5, 5.41) is 0.686. The normalized spacial score (nSPS) is 14.4. The molecule has 0 spiro atoms. The van der Waals surface area contributed by atoms with Gasteiger partial charge in [-0.15, -0.1) is 0 Å². The van der Waals surface area contributed by atoms with Crippen LogP contribution in [0.1, 0.15) is 20.8 Å². The second-order valence-electron chi connectivity index (χ2n) is 5.88. The number of ether oxygens (including phenoxy) is 1. The van der Waals surface area contributed by atoms with Crippen LogP contribution < -0.4 is 15.4 Å². The first-order valence-corrected chi connectivity index (χ1v) is 8.84. The Balaban J connectivity index is 0.00000109. The summed E-state index contributed by atoms with van der Waals surface area (Å²) in [5.74, 6) is 1.51. The highest BCUT2D eigenvalue weighted by Gasteiger charge is 2.18. The van der Waals surface area contributed by atoms with Gasteiger partial charge in [-0.3, -0.25) is 4.90 Å². The van der Waals surface area contributed by atoms with E-state index in [0.717, 1.165) is 30.4 Å². The van der Waals surface area contributed by atoms with Crippen LogP contribution in [-0.2, 0) is 0 Å². The first kappa shape index (κ1) is 19.2. The molecule has 0 atom stereocenters. The lowest BCUT2D eigenvalue weighted by molar-refractivity contribution is 0.354. The molecule has 1 heterocycles. The molecule has 0 fully saturated rings. The fourth-order valence-corrected chi connectivity index (χ4v) is 2.83. The van der Waals surface area contributed by atoms with Crippen molar-refractivity contribution in [2.75, 3.05) is 30.9 Å². The Morgan fingerprint density at radius 3 is 2.40 bits per heavy atom. The molecule has 0 saturated carbocycles. The van der Waals surface area contributed by atoms with Gasteiger partial charge in [0.15, 0.2) is 5.75 Å². The molecule has 0 bridgehead atoms. The summed E-state index contributed by atoms with van der Waals surface area (Å²) in [6.45, 7) is 7.87. The molecule has 25 heavy (non-hydrogen) atoms. The summed E-state index contributed by atoms with van der Waals surface area (Å²) in [6.07, 6.45) is 2.14. The summed E-state index contributed by atoms with van der Waals surface area (Å²) < 4.78 is 6.04. The summed E-state index contributed by atoms with van der Waals surface area (Å²) in [5.41, 5.74) is 8.93. The molecule has 5 heteroatoms. The van der Waals surface area contributed by atoms with E-state index in [-0.39, 0.29) is 0 Å². The van der Waals surface area contributed by atoms with Gasteiger partial charge < -0.3 is 15.4 Å². The molecule has 0 unspecified atom stereocenters. The molecule has 1 aliphatic rings. The maximum atomic E-state index is 6.04. The third-order valence-electron chi connectivity index (χ3n) is 3.62. The fourth-order valence-electron chi connectivity index (χ4n) is 2.70. The summed E-state index contributed by atoms with van der Waals surface area (Å²) in [7, 11) is 2.09. The summed E-state index contributed by atoms with van der Waals surface area (Å²) >= 11 is 5.93. The molecule has 134 valence electrons. The van der Waals surface area contributed by atoms with E-state index in [1.54, 1.807) is 0 Å². The first-order chi connectivity index (χ1) is 12.0. The summed E-state index contributed by atoms with van der Waals surface area (Å²) in [4.78, 5) is 4.39. The van der Waals surface area contributed by atoms with Crippen molar-refractivity contribution in [3.63, 3.8) is 0 Å². The van der Waals surface area contributed by atoms with Crippen molar-refractivity contribution in [2.24, 2.45) is 0 Å². The number of benzene rings is 2. The molecular formula is C20H26ClN3O. The van der Waals surface area contributed by atoms with E-state index in [1.807, 2.05) is 56.3 Å². The molecule has 0 saturated heterocycles. The Morgan fingerprint density at radius 1 is 1.08 bits per heavy atom. The minimum Gasteiger partial charge on any atom is -0.455 e. The monoisotopic (exact) mass is 359 g/mol. The minimum atomic E-state index is 0.686. The van der Waals surface area contributed by atoms with Crippen LogP contribution in [0.4, 0.5) is 11.4 Å². The number of hydrogen-bond acceptors (Lipinski definition) is 4. The van der Waals surface area contributed by atoms with E-state index in [4.69, 9.17) is 22.1 Å². The molecule has 4 nitrogen and oxygen atoms in total. The van der Waals surface area contributed by atoms with Crippen molar-refractivity contribution in [1.29, 1.82) is 0 Å². The average Bonchev–Trinajstić information content (AvgIpc) is 2.59. The van der Waals surface area contributed by atoms with Crippen molar-refractivity contribution in [3.05, 3.63) is 59.3 Å². The molecule has 2 N–H and O–H groups in total. The van der Waals surface area contributed by atoms with E-state index in [0.29, 0.717) is 10.7 Å². The van der Waals surface area contributed by atoms with Crippen LogP contribution in [0, 0.1) is 0 Å². The Bertz CT molecular complexity index is 728. The highest BCUT2D eigenvalue weighted by molar-refractivity contribution is 6.30. The van der Waals surface area contributed by atoms with Gasteiger partial charge in [-0.1, -0.05) is 25.4 Å². The third kappa shape index (κ3) is 5.15. The number of hydrogen-bond donors (Lipinski definition) is 1. The predicted octanol–water partition coefficient (Wildman–Crippen LogP) is 5.35. The lowest BCUT2D eigenvalue weighted by atomic mass is 10.2. The third-order valence-corrected chi connectivity index (χ3v) is 3.88. The molecule has 3 rings (SSSR count). The summed E-state index contributed by atoms with van der Waals surface area (Å²) in [6, 6.07) is 13.0. The maximum Gasteiger partial charge on any atom is 0.151 e. The second kappa shape index (κ2) is 8.79. The van der Waals surface area contributed by atoms with Crippen LogP contribution in [0.5, 0.6) is 11.5 Å². The number of rotatable bonds is 3. The lowest BCUT2D eigenvalue weighted by Crippen LogP contribution is -2.37. The Labute approximate surface area is 155 Å². The van der Waals surface area contributed by atoms with Crippen LogP contribution in [0.25, 0.3) is 0 Å². The van der Waals surface area contributed by atoms with Crippen LogP contribution in [0.15, 0.2) is 54.2 Å². The fraction of sp³-hybridized carbons (Fsp3) is 0.300. The van der Waals surface area contributed by atoms with Crippen LogP contribution in [-0.4, -0.2) is 25.2 Å². The number of nitrogens with zero attached hydrogens (tertiary/aromatic N) is 2. The number of likely N-dealkylation sites (N-methyl/N-ethyl adjacent to an activating group) is 1. The van der Waals surface area contributed by atoms with E-state index < -0.39 is 0 Å². The van der Waals surface area contributed by atoms with Gasteiger partial charge >= 0.3 is 0 Å². The van der Waals surface area contributed by atoms with E-state index >= 15 is 0 Å². The van der Waals surface area contributed by atoms with Gasteiger partial charge in [-0.25, -0.2) is 0 Å². The van der Waals surface area contributed by atoms with Gasteiger partial charge in [-0.2, -0.15) is 0 Å². The zero-order valence-electron chi connectivity index (χ0n) is 15.3. The zero-order chi connectivity index (χ0) is 18.4. The second-order valence-corrected chi connectivity index (χ2v) is 6.32. The standard InChI is InChI=1S/C18H20ClN3O.C2H6/c1-13-10-21(2)12-22(11-13)17-9-15(20)5-8-18(17)23-16-6-3-14(19)4-7-16;1-2/h3-9,11H,10,12,20H2,1-2H3;1-2H3. The van der Waals surface area contributed by atoms with E-state index in [1.165, 1.54) is 5.57 Å². The molecule has 1 aliphatic heterocycles. The molecule has 2 aromatic rings. The Morgan fingerprint density at radius 2 is 1.76 bits per heavy atom. The smallest absolute Gasteiger partial charge is 0.151 e. The van der Waals surface area contributed by atoms with Crippen molar-refractivity contribution in [2.45, 2.75) is 20.8 Å². The van der Waals surface area contributed by atoms with E-state index in [2.05, 4.69) is 30.0 Å². The maximum absolute atomic E-state index is 6.04. The largest absolute Gasteiger partial charge is 0.455 e. The van der Waals surface area contributed by atoms with Crippen LogP contribution >= 0.6 is 11.6 Å². The molecule has 0 amide bonds. The highest BCUT2D eigenvalue weighted by atomic mass is 35.5. The SMILES string of the molecule is CC.CC1=CN(c2cc(N)ccc2Oc2ccc(Cl)cc2)CN(C)C1. The molecule has 0 aliphatic carbocycles. The highest BCUT2D eigenvalue weighted by Crippen LogP contribution is 2.35. The number of nitrogen functional groups attached to an aromatic ring is 1. The van der Waals surface area contributed by atoms with Gasteiger partial charge in [0, 0.05) is 23.5 Å². The van der Waals surface area contributed by atoms with Crippen molar-refractivity contribution in [3.8, 4) is 11.5 Å². The molecule has 0 radical (unpaired) electrons. The Hall–Kier alpha value is -2.17. The molecule has 0 aromatic heterocycles. The number of halogens is 1. The van der Waals surface area contributed by atoms with Crippen molar-refractivity contribution in [1.82, 2.24) is 4.90 Å². The quantitative estimate of drug-likeness (QED) is 0.749. The van der Waals surface area contributed by atoms with Crippen molar-refractivity contribution < 1.29 is 4.74 Å². The lowest BCUT2D eigenvalue weighted by Gasteiger charge is -2.33. The molecular weight excluding hydrogens is 334 g/mol. The number of anilines is 2. The van der Waals surface area contributed by atoms with Crippen LogP contribution in [0.2, 0.25) is 5.02 Å². The van der Waals surface area contributed by atoms with Gasteiger partial charge in [0.05, 0.1) is 12.4 Å². The van der Waals surface area contributed by atoms with Crippen LogP contribution in [0.3, 0.4) is 0 Å². The Kier molecular flexibility index (Phi) is 6.73. The average molecular weight is 360 g/mol. The van der Waals surface area contributed by atoms with Crippen molar-refractivity contribution >= 4 is 23.0 Å². The molecule has 2 aromatic carbocycles.